The van der Waals surface area contributed by atoms with Crippen LogP contribution in [0.2, 0.25) is 5.02 Å². The first-order valence-corrected chi connectivity index (χ1v) is 5.47. The van der Waals surface area contributed by atoms with Crippen molar-refractivity contribution in [2.45, 2.75) is 12.5 Å². The van der Waals surface area contributed by atoms with Crippen molar-refractivity contribution < 1.29 is 14.7 Å². The maximum Gasteiger partial charge on any atom is 0.233 e. The third-order valence-corrected chi connectivity index (χ3v) is 2.77. The van der Waals surface area contributed by atoms with Crippen LogP contribution >= 0.6 is 11.6 Å². The molecule has 2 heterocycles. The van der Waals surface area contributed by atoms with Gasteiger partial charge in [0, 0.05) is 18.2 Å². The normalized spacial score (nSPS) is 20.5. The molecule has 1 aromatic heterocycles. The molecule has 0 amide bonds. The van der Waals surface area contributed by atoms with E-state index in [-0.39, 0.29) is 22.8 Å². The SMILES string of the molecule is N/C(=N/O)c1ccnc(OC2CCOC2)c1Cl. The topological polar surface area (TPSA) is 90.0 Å². The van der Waals surface area contributed by atoms with Gasteiger partial charge in [-0.25, -0.2) is 4.98 Å². The largest absolute Gasteiger partial charge is 0.471 e. The smallest absolute Gasteiger partial charge is 0.233 e. The minimum Gasteiger partial charge on any atom is -0.471 e. The van der Waals surface area contributed by atoms with Crippen LogP contribution in [0.15, 0.2) is 17.4 Å². The molecule has 1 fully saturated rings. The Hall–Kier alpha value is -1.53. The first kappa shape index (κ1) is 11.9. The summed E-state index contributed by atoms with van der Waals surface area (Å²) in [7, 11) is 0. The second kappa shape index (κ2) is 5.20. The highest BCUT2D eigenvalue weighted by Gasteiger charge is 2.20. The van der Waals surface area contributed by atoms with Crippen LogP contribution in [0, 0.1) is 0 Å². The Balaban J connectivity index is 2.22. The summed E-state index contributed by atoms with van der Waals surface area (Å²) < 4.78 is 10.8. The maximum atomic E-state index is 8.61. The van der Waals surface area contributed by atoms with Gasteiger partial charge >= 0.3 is 0 Å². The lowest BCUT2D eigenvalue weighted by Gasteiger charge is -2.13. The fourth-order valence-electron chi connectivity index (χ4n) is 1.52. The average molecular weight is 258 g/mol. The molecule has 1 unspecified atom stereocenters. The Morgan fingerprint density at radius 2 is 2.53 bits per heavy atom. The highest BCUT2D eigenvalue weighted by molar-refractivity contribution is 6.35. The van der Waals surface area contributed by atoms with Crippen LogP contribution in [0.4, 0.5) is 0 Å². The second-order valence-corrected chi connectivity index (χ2v) is 3.94. The predicted molar refractivity (Wildman–Crippen MR) is 61.6 cm³/mol. The van der Waals surface area contributed by atoms with Crippen molar-refractivity contribution in [1.82, 2.24) is 4.98 Å². The summed E-state index contributed by atoms with van der Waals surface area (Å²) in [5.41, 5.74) is 5.87. The minimum absolute atomic E-state index is 0.0532. The van der Waals surface area contributed by atoms with E-state index in [1.165, 1.54) is 6.20 Å². The van der Waals surface area contributed by atoms with Crippen LogP contribution in [0.1, 0.15) is 12.0 Å². The molecule has 2 rings (SSSR count). The van der Waals surface area contributed by atoms with Gasteiger partial charge in [-0.1, -0.05) is 16.8 Å². The molecule has 1 saturated heterocycles. The summed E-state index contributed by atoms with van der Waals surface area (Å²) in [5, 5.41) is 11.7. The first-order chi connectivity index (χ1) is 8.22. The minimum atomic E-state index is -0.0788. The van der Waals surface area contributed by atoms with Crippen molar-refractivity contribution in [3.63, 3.8) is 0 Å². The number of pyridine rings is 1. The van der Waals surface area contributed by atoms with E-state index in [1.54, 1.807) is 6.07 Å². The quantitative estimate of drug-likeness (QED) is 0.365. The molecule has 1 atom stereocenters. The third-order valence-electron chi connectivity index (χ3n) is 2.41. The molecule has 17 heavy (non-hydrogen) atoms. The van der Waals surface area contributed by atoms with Crippen molar-refractivity contribution >= 4 is 17.4 Å². The molecule has 1 aromatic rings. The summed E-state index contributed by atoms with van der Waals surface area (Å²) in [6.07, 6.45) is 2.23. The van der Waals surface area contributed by atoms with Gasteiger partial charge in [-0.2, -0.15) is 0 Å². The van der Waals surface area contributed by atoms with Crippen molar-refractivity contribution in [1.29, 1.82) is 0 Å². The molecule has 6 nitrogen and oxygen atoms in total. The summed E-state index contributed by atoms with van der Waals surface area (Å²) >= 11 is 6.06. The molecule has 1 aliphatic rings. The number of hydrogen-bond donors (Lipinski definition) is 2. The number of aromatic nitrogens is 1. The van der Waals surface area contributed by atoms with Gasteiger partial charge in [0.2, 0.25) is 5.88 Å². The molecule has 0 aromatic carbocycles. The van der Waals surface area contributed by atoms with E-state index in [2.05, 4.69) is 10.1 Å². The van der Waals surface area contributed by atoms with Crippen LogP contribution in [-0.4, -0.2) is 35.3 Å². The van der Waals surface area contributed by atoms with E-state index in [4.69, 9.17) is 32.0 Å². The molecule has 0 saturated carbocycles. The molecule has 0 aliphatic carbocycles. The zero-order valence-electron chi connectivity index (χ0n) is 8.97. The zero-order valence-corrected chi connectivity index (χ0v) is 9.72. The van der Waals surface area contributed by atoms with Crippen molar-refractivity contribution in [2.75, 3.05) is 13.2 Å². The Labute approximate surface area is 103 Å². The van der Waals surface area contributed by atoms with E-state index >= 15 is 0 Å². The Morgan fingerprint density at radius 1 is 1.71 bits per heavy atom. The van der Waals surface area contributed by atoms with E-state index < -0.39 is 0 Å². The van der Waals surface area contributed by atoms with Gasteiger partial charge in [-0.05, 0) is 6.07 Å². The highest BCUT2D eigenvalue weighted by Crippen LogP contribution is 2.27. The van der Waals surface area contributed by atoms with Crippen molar-refractivity contribution in [3.05, 3.63) is 22.8 Å². The highest BCUT2D eigenvalue weighted by atomic mass is 35.5. The van der Waals surface area contributed by atoms with Crippen LogP contribution in [0.5, 0.6) is 5.88 Å². The van der Waals surface area contributed by atoms with Gasteiger partial charge < -0.3 is 20.4 Å². The fourth-order valence-corrected chi connectivity index (χ4v) is 1.78. The van der Waals surface area contributed by atoms with Crippen LogP contribution in [0.25, 0.3) is 0 Å². The van der Waals surface area contributed by atoms with Gasteiger partial charge in [0.15, 0.2) is 5.84 Å². The second-order valence-electron chi connectivity index (χ2n) is 3.57. The van der Waals surface area contributed by atoms with E-state index in [0.29, 0.717) is 18.8 Å². The number of nitrogens with zero attached hydrogens (tertiary/aromatic N) is 2. The zero-order chi connectivity index (χ0) is 12.3. The number of halogens is 1. The predicted octanol–water partition coefficient (Wildman–Crippen LogP) is 0.997. The van der Waals surface area contributed by atoms with E-state index in [9.17, 15) is 0 Å². The molecule has 3 N–H and O–H groups in total. The summed E-state index contributed by atoms with van der Waals surface area (Å²) in [4.78, 5) is 4.02. The molecular formula is C10H12ClN3O3. The number of amidine groups is 1. The number of oxime groups is 1. The third kappa shape index (κ3) is 2.59. The first-order valence-electron chi connectivity index (χ1n) is 5.09. The summed E-state index contributed by atoms with van der Waals surface area (Å²) in [6.45, 7) is 1.19. The van der Waals surface area contributed by atoms with Crippen LogP contribution < -0.4 is 10.5 Å². The summed E-state index contributed by atoms with van der Waals surface area (Å²) in [5.74, 6) is 0.191. The molecule has 0 radical (unpaired) electrons. The maximum absolute atomic E-state index is 8.61. The van der Waals surface area contributed by atoms with Crippen molar-refractivity contribution in [3.8, 4) is 5.88 Å². The van der Waals surface area contributed by atoms with Gasteiger partial charge in [0.05, 0.1) is 13.2 Å². The average Bonchev–Trinajstić information content (AvgIpc) is 2.84. The van der Waals surface area contributed by atoms with E-state index in [1.807, 2.05) is 0 Å². The Bertz CT molecular complexity index is 433. The lowest BCUT2D eigenvalue weighted by atomic mass is 10.2. The van der Waals surface area contributed by atoms with Crippen LogP contribution in [0.3, 0.4) is 0 Å². The van der Waals surface area contributed by atoms with Gasteiger partial charge in [-0.3, -0.25) is 0 Å². The van der Waals surface area contributed by atoms with Gasteiger partial charge in [-0.15, -0.1) is 0 Å². The molecule has 0 bridgehead atoms. The molecule has 1 aliphatic heterocycles. The number of nitrogens with two attached hydrogens (primary N) is 1. The monoisotopic (exact) mass is 257 g/mol. The van der Waals surface area contributed by atoms with Gasteiger partial charge in [0.1, 0.15) is 11.1 Å². The Morgan fingerprint density at radius 3 is 3.18 bits per heavy atom. The Kier molecular flexibility index (Phi) is 3.65. The molecule has 7 heteroatoms. The molecular weight excluding hydrogens is 246 g/mol. The number of ether oxygens (including phenoxy) is 2. The number of rotatable bonds is 3. The standard InChI is InChI=1S/C10H12ClN3O3/c11-8-7(9(12)14-15)1-3-13-10(8)17-6-2-4-16-5-6/h1,3,6,15H,2,4-5H2,(H2,12,14). The summed E-state index contributed by atoms with van der Waals surface area (Å²) in [6, 6.07) is 1.55. The van der Waals surface area contributed by atoms with Crippen LogP contribution in [-0.2, 0) is 4.74 Å². The van der Waals surface area contributed by atoms with Crippen molar-refractivity contribution in [2.24, 2.45) is 10.9 Å². The molecule has 0 spiro atoms. The van der Waals surface area contributed by atoms with Gasteiger partial charge in [0.25, 0.3) is 0 Å². The van der Waals surface area contributed by atoms with E-state index in [0.717, 1.165) is 6.42 Å². The fraction of sp³-hybridized carbons (Fsp3) is 0.400. The lowest BCUT2D eigenvalue weighted by Crippen LogP contribution is -2.18. The lowest BCUT2D eigenvalue weighted by molar-refractivity contribution is 0.138. The number of hydrogen-bond acceptors (Lipinski definition) is 5. The molecule has 92 valence electrons.